The van der Waals surface area contributed by atoms with Gasteiger partial charge in [0.05, 0.1) is 24.5 Å². The quantitative estimate of drug-likeness (QED) is 0.714. The summed E-state index contributed by atoms with van der Waals surface area (Å²) in [5.41, 5.74) is 0.765. The number of benzene rings is 1. The van der Waals surface area contributed by atoms with Gasteiger partial charge in [0.25, 0.3) is 5.91 Å². The van der Waals surface area contributed by atoms with Gasteiger partial charge in [-0.1, -0.05) is 31.0 Å². The minimum atomic E-state index is -0.957. The molecular weight excluding hydrogens is 344 g/mol. The highest BCUT2D eigenvalue weighted by Crippen LogP contribution is 2.32. The molecular formula is C21H20N2O4. The largest absolute Gasteiger partial charge is 0.467 e. The van der Waals surface area contributed by atoms with Gasteiger partial charge in [0.1, 0.15) is 11.2 Å². The van der Waals surface area contributed by atoms with Crippen molar-refractivity contribution in [2.45, 2.75) is 31.2 Å². The van der Waals surface area contributed by atoms with Gasteiger partial charge in [-0.3, -0.25) is 4.79 Å². The van der Waals surface area contributed by atoms with Crippen LogP contribution >= 0.6 is 0 Å². The van der Waals surface area contributed by atoms with E-state index in [4.69, 9.17) is 9.15 Å². The topological polar surface area (TPSA) is 81.4 Å². The number of amides is 1. The van der Waals surface area contributed by atoms with Crippen molar-refractivity contribution in [1.82, 2.24) is 10.3 Å². The molecule has 1 fully saturated rings. The molecule has 6 heteroatoms. The monoisotopic (exact) mass is 364 g/mol. The van der Waals surface area contributed by atoms with Crippen LogP contribution in [0.4, 0.5) is 0 Å². The van der Waals surface area contributed by atoms with E-state index in [9.17, 15) is 9.59 Å². The van der Waals surface area contributed by atoms with E-state index in [1.807, 2.05) is 24.3 Å². The lowest BCUT2D eigenvalue weighted by atomic mass is 9.96. The molecule has 6 nitrogen and oxygen atoms in total. The van der Waals surface area contributed by atoms with Gasteiger partial charge in [0.15, 0.2) is 5.76 Å². The Bertz CT molecular complexity index is 989. The van der Waals surface area contributed by atoms with Gasteiger partial charge < -0.3 is 14.5 Å². The molecule has 0 bridgehead atoms. The number of esters is 1. The zero-order valence-corrected chi connectivity index (χ0v) is 15.0. The number of nitrogens with one attached hydrogen (secondary N) is 1. The molecule has 2 heterocycles. The summed E-state index contributed by atoms with van der Waals surface area (Å²) in [4.78, 5) is 30.1. The van der Waals surface area contributed by atoms with E-state index in [0.29, 0.717) is 35.4 Å². The van der Waals surface area contributed by atoms with Gasteiger partial charge in [-0.15, -0.1) is 0 Å². The summed E-state index contributed by atoms with van der Waals surface area (Å²) in [5, 5.41) is 3.68. The van der Waals surface area contributed by atoms with Crippen LogP contribution in [0.1, 0.15) is 36.0 Å². The van der Waals surface area contributed by atoms with Crippen molar-refractivity contribution in [3.8, 4) is 11.5 Å². The van der Waals surface area contributed by atoms with Crippen molar-refractivity contribution >= 4 is 22.8 Å². The molecule has 0 spiro atoms. The van der Waals surface area contributed by atoms with Crippen LogP contribution in [-0.4, -0.2) is 29.5 Å². The third-order valence-electron chi connectivity index (χ3n) is 5.12. The van der Waals surface area contributed by atoms with Crippen LogP contribution in [0.25, 0.3) is 22.4 Å². The Morgan fingerprint density at radius 1 is 1.15 bits per heavy atom. The molecule has 0 radical (unpaired) electrons. The zero-order chi connectivity index (χ0) is 18.9. The molecule has 0 unspecified atom stereocenters. The smallest absolute Gasteiger partial charge is 0.331 e. The average molecular weight is 364 g/mol. The number of furan rings is 1. The second-order valence-electron chi connectivity index (χ2n) is 6.78. The fraction of sp³-hybridized carbons (Fsp3) is 0.286. The first-order valence-corrected chi connectivity index (χ1v) is 8.97. The van der Waals surface area contributed by atoms with E-state index >= 15 is 0 Å². The summed E-state index contributed by atoms with van der Waals surface area (Å²) in [6.45, 7) is 0. The van der Waals surface area contributed by atoms with E-state index in [1.165, 1.54) is 7.11 Å². The fourth-order valence-electron chi connectivity index (χ4n) is 3.75. The number of pyridine rings is 1. The number of carbonyl (C=O) groups is 2. The molecule has 1 saturated carbocycles. The maximum atomic E-state index is 13.2. The zero-order valence-electron chi connectivity index (χ0n) is 15.0. The van der Waals surface area contributed by atoms with Gasteiger partial charge in [-0.05, 0) is 37.1 Å². The molecule has 1 N–H and O–H groups in total. The van der Waals surface area contributed by atoms with Crippen LogP contribution in [0.3, 0.4) is 0 Å². The Kier molecular flexibility index (Phi) is 4.39. The molecule has 1 aliphatic rings. The molecule has 0 atom stereocenters. The highest BCUT2D eigenvalue weighted by atomic mass is 16.5. The van der Waals surface area contributed by atoms with Crippen LogP contribution in [0.2, 0.25) is 0 Å². The van der Waals surface area contributed by atoms with Crippen LogP contribution in [-0.2, 0) is 9.53 Å². The number of para-hydroxylation sites is 1. The predicted molar refractivity (Wildman–Crippen MR) is 100 cm³/mol. The fourth-order valence-corrected chi connectivity index (χ4v) is 3.75. The maximum absolute atomic E-state index is 13.2. The number of methoxy groups -OCH3 is 1. The number of aromatic nitrogens is 1. The van der Waals surface area contributed by atoms with E-state index in [2.05, 4.69) is 10.3 Å². The summed E-state index contributed by atoms with van der Waals surface area (Å²) in [5.74, 6) is -0.120. The van der Waals surface area contributed by atoms with Gasteiger partial charge in [0.2, 0.25) is 0 Å². The Labute approximate surface area is 156 Å². The first-order valence-electron chi connectivity index (χ1n) is 8.97. The molecule has 138 valence electrons. The summed E-state index contributed by atoms with van der Waals surface area (Å²) in [7, 11) is 1.35. The molecule has 1 amide bonds. The number of hydrogen-bond acceptors (Lipinski definition) is 5. The van der Waals surface area contributed by atoms with E-state index < -0.39 is 11.5 Å². The van der Waals surface area contributed by atoms with Crippen molar-refractivity contribution < 1.29 is 18.7 Å². The number of rotatable bonds is 4. The minimum absolute atomic E-state index is 0.311. The Morgan fingerprint density at radius 3 is 2.63 bits per heavy atom. The normalized spacial score (nSPS) is 15.6. The maximum Gasteiger partial charge on any atom is 0.331 e. The van der Waals surface area contributed by atoms with E-state index in [0.717, 1.165) is 18.2 Å². The molecule has 0 saturated heterocycles. The molecule has 0 aliphatic heterocycles. The first kappa shape index (κ1) is 17.3. The highest BCUT2D eigenvalue weighted by Gasteiger charge is 2.43. The second kappa shape index (κ2) is 6.87. The lowest BCUT2D eigenvalue weighted by molar-refractivity contribution is -0.148. The van der Waals surface area contributed by atoms with Crippen molar-refractivity contribution in [2.75, 3.05) is 7.11 Å². The lowest BCUT2D eigenvalue weighted by Crippen LogP contribution is -2.53. The highest BCUT2D eigenvalue weighted by molar-refractivity contribution is 6.08. The van der Waals surface area contributed by atoms with Gasteiger partial charge in [-0.2, -0.15) is 0 Å². The van der Waals surface area contributed by atoms with E-state index in [-0.39, 0.29) is 5.91 Å². The number of carbonyl (C=O) groups excluding carboxylic acids is 2. The Balaban J connectivity index is 1.78. The van der Waals surface area contributed by atoms with Gasteiger partial charge in [0, 0.05) is 5.39 Å². The van der Waals surface area contributed by atoms with Crippen molar-refractivity contribution in [3.63, 3.8) is 0 Å². The van der Waals surface area contributed by atoms with Crippen molar-refractivity contribution in [2.24, 2.45) is 0 Å². The molecule has 2 aromatic heterocycles. The van der Waals surface area contributed by atoms with Crippen LogP contribution in [0.15, 0.2) is 53.1 Å². The van der Waals surface area contributed by atoms with Gasteiger partial charge >= 0.3 is 5.97 Å². The van der Waals surface area contributed by atoms with Crippen LogP contribution in [0.5, 0.6) is 0 Å². The third kappa shape index (κ3) is 3.07. The number of fused-ring (bicyclic) bond motifs is 1. The summed E-state index contributed by atoms with van der Waals surface area (Å²) in [6.07, 6.45) is 4.49. The standard InChI is InChI=1S/C21H20N2O4/c1-26-20(25)21(10-4-5-11-21)23-19(24)15-13-17(18-9-6-12-27-18)22-16-8-3-2-7-14(15)16/h2-3,6-9,12-13H,4-5,10-11H2,1H3,(H,23,24). The average Bonchev–Trinajstić information content (AvgIpc) is 3.39. The minimum Gasteiger partial charge on any atom is -0.467 e. The van der Waals surface area contributed by atoms with Gasteiger partial charge in [-0.25, -0.2) is 9.78 Å². The number of nitrogens with zero attached hydrogens (tertiary/aromatic N) is 1. The van der Waals surface area contributed by atoms with E-state index in [1.54, 1.807) is 24.5 Å². The molecule has 3 aromatic rings. The first-order chi connectivity index (χ1) is 13.1. The van der Waals surface area contributed by atoms with Crippen molar-refractivity contribution in [1.29, 1.82) is 0 Å². The summed E-state index contributed by atoms with van der Waals surface area (Å²) >= 11 is 0. The lowest BCUT2D eigenvalue weighted by Gasteiger charge is -2.27. The van der Waals surface area contributed by atoms with Crippen molar-refractivity contribution in [3.05, 3.63) is 54.3 Å². The molecule has 1 aromatic carbocycles. The number of ether oxygens (including phenoxy) is 1. The molecule has 27 heavy (non-hydrogen) atoms. The molecule has 1 aliphatic carbocycles. The summed E-state index contributed by atoms with van der Waals surface area (Å²) < 4.78 is 10.4. The van der Waals surface area contributed by atoms with Crippen LogP contribution in [0, 0.1) is 0 Å². The number of hydrogen-bond donors (Lipinski definition) is 1. The Hall–Kier alpha value is -3.15. The molecule has 4 rings (SSSR count). The third-order valence-corrected chi connectivity index (χ3v) is 5.12. The van der Waals surface area contributed by atoms with Crippen LogP contribution < -0.4 is 5.32 Å². The Morgan fingerprint density at radius 2 is 1.93 bits per heavy atom. The second-order valence-corrected chi connectivity index (χ2v) is 6.78. The summed E-state index contributed by atoms with van der Waals surface area (Å²) in [6, 6.07) is 12.7. The SMILES string of the molecule is COC(=O)C1(NC(=O)c2cc(-c3ccco3)nc3ccccc23)CCCC1. The predicted octanol–water partition coefficient (Wildman–Crippen LogP) is 3.71.